The lowest BCUT2D eigenvalue weighted by atomic mass is 10.1. The fraction of sp³-hybridized carbons (Fsp3) is 0.129. The highest BCUT2D eigenvalue weighted by atomic mass is 16.5. The van der Waals surface area contributed by atoms with E-state index in [4.69, 9.17) is 24.4 Å². The Kier molecular flexibility index (Phi) is 5.99. The second-order valence-electron chi connectivity index (χ2n) is 8.59. The van der Waals surface area contributed by atoms with Gasteiger partial charge in [-0.1, -0.05) is 90.7 Å². The molecule has 0 amide bonds. The van der Waals surface area contributed by atoms with Gasteiger partial charge in [0.25, 0.3) is 0 Å². The molecule has 0 spiro atoms. The van der Waals surface area contributed by atoms with Gasteiger partial charge in [0.2, 0.25) is 11.8 Å². The fourth-order valence-electron chi connectivity index (χ4n) is 4.21. The Morgan fingerprint density at radius 2 is 1.00 bits per heavy atom. The third kappa shape index (κ3) is 4.75. The summed E-state index contributed by atoms with van der Waals surface area (Å²) in [6.45, 7) is 0.952. The van der Waals surface area contributed by atoms with Crippen molar-refractivity contribution >= 4 is 11.8 Å². The summed E-state index contributed by atoms with van der Waals surface area (Å²) in [7, 11) is 0. The number of benzene rings is 3. The van der Waals surface area contributed by atoms with Gasteiger partial charge in [0.05, 0.1) is 0 Å². The van der Waals surface area contributed by atoms with Crippen molar-refractivity contribution in [1.82, 2.24) is 4.98 Å². The minimum absolute atomic E-state index is 0.0620. The van der Waals surface area contributed by atoms with Gasteiger partial charge >= 0.3 is 0 Å². The van der Waals surface area contributed by atoms with Gasteiger partial charge in [-0.05, 0) is 35.4 Å². The second-order valence-corrected chi connectivity index (χ2v) is 8.59. The summed E-state index contributed by atoms with van der Waals surface area (Å²) in [5.74, 6) is 7.50. The number of hydrogen-bond donors (Lipinski definition) is 0. The first-order valence-electron chi connectivity index (χ1n) is 11.9. The van der Waals surface area contributed by atoms with Crippen molar-refractivity contribution in [3.05, 3.63) is 137 Å². The van der Waals surface area contributed by atoms with E-state index >= 15 is 0 Å². The van der Waals surface area contributed by atoms with E-state index in [9.17, 15) is 0 Å². The summed E-state index contributed by atoms with van der Waals surface area (Å²) in [4.78, 5) is 14.5. The Morgan fingerprint density at radius 1 is 0.556 bits per heavy atom. The van der Waals surface area contributed by atoms with E-state index in [1.165, 1.54) is 0 Å². The maximum atomic E-state index is 5.99. The highest BCUT2D eigenvalue weighted by Crippen LogP contribution is 2.27. The Labute approximate surface area is 210 Å². The van der Waals surface area contributed by atoms with Crippen molar-refractivity contribution in [2.24, 2.45) is 9.98 Å². The molecule has 0 bridgehead atoms. The predicted molar refractivity (Wildman–Crippen MR) is 140 cm³/mol. The van der Waals surface area contributed by atoms with Gasteiger partial charge in [-0.15, -0.1) is 0 Å². The normalized spacial score (nSPS) is 18.3. The molecule has 5 nitrogen and oxygen atoms in total. The van der Waals surface area contributed by atoms with Gasteiger partial charge in [0.15, 0.2) is 0 Å². The molecular formula is C31H23N3O2. The second kappa shape index (κ2) is 9.89. The number of nitrogens with zero attached hydrogens (tertiary/aromatic N) is 3. The molecule has 0 saturated heterocycles. The molecule has 2 atom stereocenters. The lowest BCUT2D eigenvalue weighted by Crippen LogP contribution is -2.11. The third-order valence-corrected chi connectivity index (χ3v) is 6.06. The van der Waals surface area contributed by atoms with E-state index in [1.807, 2.05) is 78.9 Å². The average Bonchev–Trinajstić information content (AvgIpc) is 3.65. The van der Waals surface area contributed by atoms with Crippen molar-refractivity contribution in [3.63, 3.8) is 0 Å². The molecule has 0 unspecified atom stereocenters. The van der Waals surface area contributed by atoms with Crippen LogP contribution in [0.4, 0.5) is 0 Å². The van der Waals surface area contributed by atoms with E-state index in [-0.39, 0.29) is 12.1 Å². The summed E-state index contributed by atoms with van der Waals surface area (Å²) < 4.78 is 12.0. The summed E-state index contributed by atoms with van der Waals surface area (Å²) >= 11 is 0. The Balaban J connectivity index is 1.37. The van der Waals surface area contributed by atoms with Crippen LogP contribution in [0, 0.1) is 11.8 Å². The van der Waals surface area contributed by atoms with E-state index in [1.54, 1.807) is 0 Å². The Morgan fingerprint density at radius 3 is 1.50 bits per heavy atom. The van der Waals surface area contributed by atoms with E-state index in [0.717, 1.165) is 22.3 Å². The molecule has 4 aromatic rings. The van der Waals surface area contributed by atoms with Crippen LogP contribution in [0.3, 0.4) is 0 Å². The van der Waals surface area contributed by atoms with Crippen molar-refractivity contribution in [2.45, 2.75) is 12.1 Å². The summed E-state index contributed by atoms with van der Waals surface area (Å²) in [6, 6.07) is 33.9. The number of aromatic nitrogens is 1. The fourth-order valence-corrected chi connectivity index (χ4v) is 4.21. The molecule has 3 heterocycles. The lowest BCUT2D eigenvalue weighted by molar-refractivity contribution is 0.317. The van der Waals surface area contributed by atoms with Crippen LogP contribution in [-0.4, -0.2) is 30.0 Å². The van der Waals surface area contributed by atoms with Crippen molar-refractivity contribution < 1.29 is 9.47 Å². The Hall–Kier alpha value is -4.69. The van der Waals surface area contributed by atoms with E-state index in [2.05, 4.69) is 36.1 Å². The molecule has 0 aliphatic carbocycles. The minimum atomic E-state index is -0.0620. The number of pyridine rings is 1. The molecule has 0 N–H and O–H groups in total. The molecule has 5 heteroatoms. The van der Waals surface area contributed by atoms with Gasteiger partial charge in [-0.3, -0.25) is 0 Å². The van der Waals surface area contributed by atoms with Crippen LogP contribution in [0.2, 0.25) is 0 Å². The van der Waals surface area contributed by atoms with Crippen LogP contribution < -0.4 is 0 Å². The lowest BCUT2D eigenvalue weighted by Gasteiger charge is -2.06. The molecule has 0 saturated carbocycles. The maximum Gasteiger partial charge on any atom is 0.236 e. The molecular weight excluding hydrogens is 446 g/mol. The average molecular weight is 470 g/mol. The van der Waals surface area contributed by atoms with Crippen molar-refractivity contribution in [2.75, 3.05) is 13.2 Å². The highest BCUT2D eigenvalue weighted by molar-refractivity contribution is 5.98. The molecule has 0 radical (unpaired) electrons. The van der Waals surface area contributed by atoms with Crippen LogP contribution in [0.1, 0.15) is 45.7 Å². The molecule has 174 valence electrons. The Bertz CT molecular complexity index is 1400. The van der Waals surface area contributed by atoms with Gasteiger partial charge < -0.3 is 9.47 Å². The monoisotopic (exact) mass is 469 g/mol. The third-order valence-electron chi connectivity index (χ3n) is 6.06. The maximum absolute atomic E-state index is 5.99. The molecule has 6 rings (SSSR count). The van der Waals surface area contributed by atoms with E-state index < -0.39 is 0 Å². The quantitative estimate of drug-likeness (QED) is 0.370. The van der Waals surface area contributed by atoms with Crippen LogP contribution in [0.5, 0.6) is 0 Å². The highest BCUT2D eigenvalue weighted by Gasteiger charge is 2.26. The van der Waals surface area contributed by atoms with Crippen LogP contribution >= 0.6 is 0 Å². The van der Waals surface area contributed by atoms with Gasteiger partial charge in [0, 0.05) is 11.1 Å². The largest absolute Gasteiger partial charge is 0.474 e. The van der Waals surface area contributed by atoms with Crippen LogP contribution in [-0.2, 0) is 9.47 Å². The zero-order chi connectivity index (χ0) is 24.2. The molecule has 3 aromatic carbocycles. The van der Waals surface area contributed by atoms with Crippen molar-refractivity contribution in [1.29, 1.82) is 0 Å². The van der Waals surface area contributed by atoms with Gasteiger partial charge in [0.1, 0.15) is 36.7 Å². The first-order valence-corrected chi connectivity index (χ1v) is 11.9. The molecule has 0 fully saturated rings. The number of ether oxygens (including phenoxy) is 2. The summed E-state index contributed by atoms with van der Waals surface area (Å²) in [6.07, 6.45) is 0. The topological polar surface area (TPSA) is 56.1 Å². The first-order chi connectivity index (χ1) is 17.8. The van der Waals surface area contributed by atoms with Gasteiger partial charge in [-0.25, -0.2) is 15.0 Å². The van der Waals surface area contributed by atoms with Crippen LogP contribution in [0.25, 0.3) is 0 Å². The zero-order valence-electron chi connectivity index (χ0n) is 19.5. The first kappa shape index (κ1) is 21.8. The SMILES string of the molecule is C(#Cc1cc(C2=N[C@H](c3ccccc3)CO2)nc(C2=N[C@H](c3ccccc3)CO2)c1)c1ccccc1. The standard InChI is InChI=1S/C31H23N3O2/c1-4-10-22(11-5-1)16-17-23-18-26(30-33-28(20-35-30)24-12-6-2-7-13-24)32-27(19-23)31-34-29(21-36-31)25-14-8-3-9-15-25/h1-15,18-19,28-29H,20-21H2/t28-,29-/m0/s1. The molecule has 2 aliphatic rings. The van der Waals surface area contributed by atoms with E-state index in [0.29, 0.717) is 36.4 Å². The summed E-state index contributed by atoms with van der Waals surface area (Å²) in [5, 5.41) is 0. The van der Waals surface area contributed by atoms with Crippen molar-refractivity contribution in [3.8, 4) is 11.8 Å². The smallest absolute Gasteiger partial charge is 0.236 e. The number of aliphatic imine (C=N–C) groups is 2. The molecule has 36 heavy (non-hydrogen) atoms. The molecule has 2 aliphatic heterocycles. The number of rotatable bonds is 4. The minimum Gasteiger partial charge on any atom is -0.474 e. The van der Waals surface area contributed by atoms with Crippen LogP contribution in [0.15, 0.2) is 113 Å². The molecule has 1 aromatic heterocycles. The van der Waals surface area contributed by atoms with Gasteiger partial charge in [-0.2, -0.15) is 0 Å². The zero-order valence-corrected chi connectivity index (χ0v) is 19.5. The summed E-state index contributed by atoms with van der Waals surface area (Å²) in [5.41, 5.74) is 5.21. The predicted octanol–water partition coefficient (Wildman–Crippen LogP) is 5.52. The number of hydrogen-bond acceptors (Lipinski definition) is 5.